The molecule has 1 fully saturated rings. The van der Waals surface area contributed by atoms with Gasteiger partial charge in [-0.1, -0.05) is 23.4 Å². The maximum atomic E-state index is 12.0. The van der Waals surface area contributed by atoms with Crippen molar-refractivity contribution in [3.63, 3.8) is 0 Å². The van der Waals surface area contributed by atoms with Crippen molar-refractivity contribution in [2.45, 2.75) is 31.0 Å². The SMILES string of the molecule is Cc1cc(Cl)ccc1NC(=O)CSc1nnnn1C1CC1. The first-order valence-corrected chi connectivity index (χ1v) is 7.96. The third-order valence-electron chi connectivity index (χ3n) is 3.15. The lowest BCUT2D eigenvalue weighted by molar-refractivity contribution is -0.113. The van der Waals surface area contributed by atoms with Crippen molar-refractivity contribution in [1.82, 2.24) is 20.2 Å². The minimum Gasteiger partial charge on any atom is -0.325 e. The van der Waals surface area contributed by atoms with Crippen LogP contribution in [0, 0.1) is 6.92 Å². The number of rotatable bonds is 5. The van der Waals surface area contributed by atoms with Gasteiger partial charge in [0.05, 0.1) is 11.8 Å². The second-order valence-corrected chi connectivity index (χ2v) is 6.31. The van der Waals surface area contributed by atoms with Crippen molar-refractivity contribution < 1.29 is 4.79 Å². The maximum Gasteiger partial charge on any atom is 0.234 e. The predicted molar refractivity (Wildman–Crippen MR) is 81.6 cm³/mol. The summed E-state index contributed by atoms with van der Waals surface area (Å²) in [6, 6.07) is 5.78. The third-order valence-corrected chi connectivity index (χ3v) is 4.32. The van der Waals surface area contributed by atoms with Crippen LogP contribution in [0.25, 0.3) is 0 Å². The number of carbonyl (C=O) groups excluding carboxylic acids is 1. The molecular formula is C13H14ClN5OS. The summed E-state index contributed by atoms with van der Waals surface area (Å²) in [6.07, 6.45) is 2.21. The molecule has 0 atom stereocenters. The van der Waals surface area contributed by atoms with E-state index in [9.17, 15) is 4.79 Å². The van der Waals surface area contributed by atoms with Gasteiger partial charge >= 0.3 is 0 Å². The molecule has 1 heterocycles. The van der Waals surface area contributed by atoms with Crippen LogP contribution in [0.3, 0.4) is 0 Å². The molecule has 0 aliphatic heterocycles. The lowest BCUT2D eigenvalue weighted by atomic mass is 10.2. The normalized spacial score (nSPS) is 14.2. The zero-order valence-electron chi connectivity index (χ0n) is 11.4. The van der Waals surface area contributed by atoms with Crippen molar-refractivity contribution in [1.29, 1.82) is 0 Å². The van der Waals surface area contributed by atoms with E-state index in [1.807, 2.05) is 13.0 Å². The number of nitrogens with zero attached hydrogens (tertiary/aromatic N) is 4. The molecule has 1 aromatic carbocycles. The summed E-state index contributed by atoms with van der Waals surface area (Å²) < 4.78 is 1.80. The molecule has 1 aromatic heterocycles. The van der Waals surface area contributed by atoms with E-state index in [-0.39, 0.29) is 11.7 Å². The fourth-order valence-corrected chi connectivity index (χ4v) is 2.88. The molecule has 1 saturated carbocycles. The molecule has 0 bridgehead atoms. The smallest absolute Gasteiger partial charge is 0.234 e. The van der Waals surface area contributed by atoms with E-state index in [0.717, 1.165) is 24.1 Å². The fourth-order valence-electron chi connectivity index (χ4n) is 1.91. The van der Waals surface area contributed by atoms with Crippen molar-refractivity contribution >= 4 is 35.0 Å². The number of hydrogen-bond donors (Lipinski definition) is 1. The molecule has 0 saturated heterocycles. The van der Waals surface area contributed by atoms with Gasteiger partial charge in [0.2, 0.25) is 11.1 Å². The summed E-state index contributed by atoms with van der Waals surface area (Å²) in [6.45, 7) is 1.91. The average Bonchev–Trinajstić information content (AvgIpc) is 3.18. The Balaban J connectivity index is 1.57. The lowest BCUT2D eigenvalue weighted by Gasteiger charge is -2.08. The zero-order chi connectivity index (χ0) is 14.8. The van der Waals surface area contributed by atoms with Gasteiger partial charge in [0.15, 0.2) is 0 Å². The van der Waals surface area contributed by atoms with Crippen LogP contribution in [0.2, 0.25) is 5.02 Å². The maximum absolute atomic E-state index is 12.0. The standard InChI is InChI=1S/C13H14ClN5OS/c1-8-6-9(14)2-5-11(8)15-12(20)7-21-13-16-17-18-19(13)10-3-4-10/h2,5-6,10H,3-4,7H2,1H3,(H,15,20). The molecule has 3 rings (SSSR count). The molecule has 0 radical (unpaired) electrons. The minimum absolute atomic E-state index is 0.0873. The lowest BCUT2D eigenvalue weighted by Crippen LogP contribution is -2.15. The van der Waals surface area contributed by atoms with Crippen LogP contribution >= 0.6 is 23.4 Å². The summed E-state index contributed by atoms with van der Waals surface area (Å²) >= 11 is 7.24. The summed E-state index contributed by atoms with van der Waals surface area (Å²) in [7, 11) is 0. The molecule has 8 heteroatoms. The van der Waals surface area contributed by atoms with E-state index in [1.54, 1.807) is 16.8 Å². The van der Waals surface area contributed by atoms with E-state index in [4.69, 9.17) is 11.6 Å². The van der Waals surface area contributed by atoms with Crippen molar-refractivity contribution in [2.75, 3.05) is 11.1 Å². The molecular weight excluding hydrogens is 310 g/mol. The number of anilines is 1. The molecule has 0 unspecified atom stereocenters. The Morgan fingerprint density at radius 1 is 1.52 bits per heavy atom. The monoisotopic (exact) mass is 323 g/mol. The second-order valence-electron chi connectivity index (χ2n) is 4.93. The molecule has 1 aliphatic rings. The van der Waals surface area contributed by atoms with Crippen LogP contribution in [0.15, 0.2) is 23.4 Å². The first kappa shape index (κ1) is 14.3. The van der Waals surface area contributed by atoms with E-state index < -0.39 is 0 Å². The number of hydrogen-bond acceptors (Lipinski definition) is 5. The number of nitrogens with one attached hydrogen (secondary N) is 1. The molecule has 21 heavy (non-hydrogen) atoms. The van der Waals surface area contributed by atoms with Gasteiger partial charge in [0, 0.05) is 10.7 Å². The number of halogens is 1. The Hall–Kier alpha value is -1.60. The number of benzene rings is 1. The largest absolute Gasteiger partial charge is 0.325 e. The van der Waals surface area contributed by atoms with Crippen LogP contribution in [0.5, 0.6) is 0 Å². The highest BCUT2D eigenvalue weighted by atomic mass is 35.5. The summed E-state index contributed by atoms with van der Waals surface area (Å²) in [4.78, 5) is 12.0. The van der Waals surface area contributed by atoms with Gasteiger partial charge in [-0.05, 0) is 54.0 Å². The van der Waals surface area contributed by atoms with Gasteiger partial charge in [-0.15, -0.1) is 5.10 Å². The van der Waals surface area contributed by atoms with Gasteiger partial charge in [-0.25, -0.2) is 4.68 Å². The highest BCUT2D eigenvalue weighted by Crippen LogP contribution is 2.36. The van der Waals surface area contributed by atoms with Crippen molar-refractivity contribution in [3.8, 4) is 0 Å². The van der Waals surface area contributed by atoms with Crippen LogP contribution in [-0.4, -0.2) is 31.9 Å². The Morgan fingerprint density at radius 2 is 2.33 bits per heavy atom. The van der Waals surface area contributed by atoms with E-state index in [1.165, 1.54) is 11.8 Å². The highest BCUT2D eigenvalue weighted by molar-refractivity contribution is 7.99. The Bertz CT molecular complexity index is 670. The van der Waals surface area contributed by atoms with Gasteiger partial charge in [0.1, 0.15) is 0 Å². The number of amides is 1. The molecule has 6 nitrogen and oxygen atoms in total. The molecule has 110 valence electrons. The fraction of sp³-hybridized carbons (Fsp3) is 0.385. The summed E-state index contributed by atoms with van der Waals surface area (Å²) in [5.41, 5.74) is 1.70. The van der Waals surface area contributed by atoms with Crippen molar-refractivity contribution in [2.24, 2.45) is 0 Å². The van der Waals surface area contributed by atoms with E-state index >= 15 is 0 Å². The van der Waals surface area contributed by atoms with Gasteiger partial charge in [-0.2, -0.15) is 0 Å². The van der Waals surface area contributed by atoms with Gasteiger partial charge in [-0.3, -0.25) is 4.79 Å². The van der Waals surface area contributed by atoms with Crippen LogP contribution in [0.1, 0.15) is 24.4 Å². The van der Waals surface area contributed by atoms with Gasteiger partial charge in [0.25, 0.3) is 0 Å². The van der Waals surface area contributed by atoms with E-state index in [2.05, 4.69) is 20.8 Å². The first-order valence-electron chi connectivity index (χ1n) is 6.60. The van der Waals surface area contributed by atoms with Crippen LogP contribution < -0.4 is 5.32 Å². The van der Waals surface area contributed by atoms with Crippen LogP contribution in [-0.2, 0) is 4.79 Å². The molecule has 1 aliphatic carbocycles. The zero-order valence-corrected chi connectivity index (χ0v) is 13.0. The highest BCUT2D eigenvalue weighted by Gasteiger charge is 2.28. The first-order chi connectivity index (χ1) is 10.1. The number of aryl methyl sites for hydroxylation is 1. The molecule has 1 N–H and O–H groups in total. The molecule has 1 amide bonds. The summed E-state index contributed by atoms with van der Waals surface area (Å²) in [5.74, 6) is 0.186. The molecule has 0 spiro atoms. The average molecular weight is 324 g/mol. The Kier molecular flexibility index (Phi) is 4.12. The summed E-state index contributed by atoms with van der Waals surface area (Å²) in [5, 5.41) is 15.8. The number of thioether (sulfide) groups is 1. The number of carbonyl (C=O) groups is 1. The number of aromatic nitrogens is 4. The Labute approximate surface area is 131 Å². The topological polar surface area (TPSA) is 72.7 Å². The van der Waals surface area contributed by atoms with E-state index in [0.29, 0.717) is 16.2 Å². The second kappa shape index (κ2) is 6.03. The Morgan fingerprint density at radius 3 is 3.05 bits per heavy atom. The quantitative estimate of drug-likeness (QED) is 0.856. The van der Waals surface area contributed by atoms with Gasteiger partial charge < -0.3 is 5.32 Å². The van der Waals surface area contributed by atoms with Crippen molar-refractivity contribution in [3.05, 3.63) is 28.8 Å². The number of tetrazole rings is 1. The minimum atomic E-state index is -0.0873. The third kappa shape index (κ3) is 3.54. The van der Waals surface area contributed by atoms with Crippen LogP contribution in [0.4, 0.5) is 5.69 Å². The molecule has 2 aromatic rings. The predicted octanol–water partition coefficient (Wildman–Crippen LogP) is 2.70.